The van der Waals surface area contributed by atoms with Crippen molar-refractivity contribution in [2.24, 2.45) is 0 Å². The zero-order valence-corrected chi connectivity index (χ0v) is 10.8. The third-order valence-corrected chi connectivity index (χ3v) is 3.68. The van der Waals surface area contributed by atoms with Gasteiger partial charge in [0.1, 0.15) is 5.82 Å². The third-order valence-electron chi connectivity index (χ3n) is 2.55. The molecule has 0 aliphatic rings. The minimum atomic E-state index is -0.636. The van der Waals surface area contributed by atoms with Gasteiger partial charge in [0.15, 0.2) is 0 Å². The first-order chi connectivity index (χ1) is 8.66. The second-order valence-electron chi connectivity index (χ2n) is 3.99. The molecule has 2 aromatic rings. The smallest absolute Gasteiger partial charge is 0.136 e. The lowest BCUT2D eigenvalue weighted by Gasteiger charge is -2.10. The van der Waals surface area contributed by atoms with Crippen LogP contribution >= 0.6 is 11.8 Å². The normalized spacial score (nSPS) is 12.4. The van der Waals surface area contributed by atoms with Crippen LogP contribution in [0.25, 0.3) is 0 Å². The molecule has 0 bridgehead atoms. The van der Waals surface area contributed by atoms with Crippen LogP contribution in [0.4, 0.5) is 4.39 Å². The van der Waals surface area contributed by atoms with E-state index in [9.17, 15) is 9.50 Å². The van der Waals surface area contributed by atoms with E-state index in [0.29, 0.717) is 10.6 Å². The van der Waals surface area contributed by atoms with E-state index in [1.54, 1.807) is 24.4 Å². The molecule has 94 valence electrons. The van der Waals surface area contributed by atoms with Gasteiger partial charge < -0.3 is 5.11 Å². The van der Waals surface area contributed by atoms with Gasteiger partial charge in [0, 0.05) is 22.5 Å². The van der Waals surface area contributed by atoms with E-state index in [2.05, 4.69) is 4.98 Å². The van der Waals surface area contributed by atoms with Crippen LogP contribution in [-0.4, -0.2) is 15.8 Å². The van der Waals surface area contributed by atoms with Crippen molar-refractivity contribution in [2.45, 2.75) is 17.9 Å². The number of aliphatic hydroxyl groups is 1. The van der Waals surface area contributed by atoms with Crippen molar-refractivity contribution in [3.8, 4) is 0 Å². The molecule has 0 radical (unpaired) electrons. The molecule has 18 heavy (non-hydrogen) atoms. The molecular formula is C14H14FNOS. The standard InChI is InChI=1S/C14H14FNOS/c1-10-6-7-11(8-16-10)13(17)9-18-14-5-3-2-4-12(14)15/h2-8,13,17H,9H2,1H3. The van der Waals surface area contributed by atoms with Crippen LogP contribution in [0.1, 0.15) is 17.4 Å². The van der Waals surface area contributed by atoms with Crippen molar-refractivity contribution in [3.63, 3.8) is 0 Å². The second-order valence-corrected chi connectivity index (χ2v) is 5.05. The predicted octanol–water partition coefficient (Wildman–Crippen LogP) is 3.35. The summed E-state index contributed by atoms with van der Waals surface area (Å²) < 4.78 is 13.4. The largest absolute Gasteiger partial charge is 0.387 e. The fourth-order valence-corrected chi connectivity index (χ4v) is 2.41. The number of aromatic nitrogens is 1. The molecule has 0 aliphatic carbocycles. The molecule has 0 saturated heterocycles. The maximum atomic E-state index is 13.4. The van der Waals surface area contributed by atoms with Gasteiger partial charge in [0.05, 0.1) is 6.10 Å². The van der Waals surface area contributed by atoms with E-state index in [0.717, 1.165) is 11.3 Å². The number of rotatable bonds is 4. The summed E-state index contributed by atoms with van der Waals surface area (Å²) in [4.78, 5) is 4.68. The molecule has 0 saturated carbocycles. The highest BCUT2D eigenvalue weighted by molar-refractivity contribution is 7.99. The molecular weight excluding hydrogens is 249 g/mol. The van der Waals surface area contributed by atoms with E-state index in [1.165, 1.54) is 17.8 Å². The Labute approximate surface area is 110 Å². The van der Waals surface area contributed by atoms with Crippen molar-refractivity contribution in [3.05, 3.63) is 59.7 Å². The molecule has 1 heterocycles. The van der Waals surface area contributed by atoms with Crippen molar-refractivity contribution in [1.29, 1.82) is 0 Å². The zero-order chi connectivity index (χ0) is 13.0. The van der Waals surface area contributed by atoms with Gasteiger partial charge in [-0.15, -0.1) is 11.8 Å². The SMILES string of the molecule is Cc1ccc(C(O)CSc2ccccc2F)cn1. The number of halogens is 1. The quantitative estimate of drug-likeness (QED) is 0.859. The molecule has 0 fully saturated rings. The number of aliphatic hydroxyl groups excluding tert-OH is 1. The van der Waals surface area contributed by atoms with Crippen LogP contribution in [0.3, 0.4) is 0 Å². The van der Waals surface area contributed by atoms with E-state index in [-0.39, 0.29) is 5.82 Å². The summed E-state index contributed by atoms with van der Waals surface area (Å²) in [6.07, 6.45) is 1.02. The summed E-state index contributed by atoms with van der Waals surface area (Å²) in [5.74, 6) is 0.155. The highest BCUT2D eigenvalue weighted by atomic mass is 32.2. The van der Waals surface area contributed by atoms with Gasteiger partial charge in [0.25, 0.3) is 0 Å². The Bertz CT molecular complexity index is 515. The van der Waals surface area contributed by atoms with Crippen LogP contribution in [0.15, 0.2) is 47.5 Å². The summed E-state index contributed by atoms with van der Waals surface area (Å²) in [7, 11) is 0. The molecule has 2 rings (SSSR count). The van der Waals surface area contributed by atoms with Gasteiger partial charge in [-0.05, 0) is 30.7 Å². The summed E-state index contributed by atoms with van der Waals surface area (Å²) >= 11 is 1.30. The van der Waals surface area contributed by atoms with Gasteiger partial charge in [-0.25, -0.2) is 4.39 Å². The maximum Gasteiger partial charge on any atom is 0.136 e. The summed E-state index contributed by atoms with van der Waals surface area (Å²) in [6, 6.07) is 10.3. The van der Waals surface area contributed by atoms with Gasteiger partial charge in [-0.3, -0.25) is 4.98 Å². The molecule has 1 N–H and O–H groups in total. The first-order valence-corrected chi connectivity index (χ1v) is 6.63. The molecule has 0 amide bonds. The summed E-state index contributed by atoms with van der Waals surface area (Å²) in [5, 5.41) is 9.98. The zero-order valence-electron chi connectivity index (χ0n) is 10.0. The molecule has 1 aromatic heterocycles. The Kier molecular flexibility index (Phi) is 4.33. The second kappa shape index (κ2) is 5.98. The first kappa shape index (κ1) is 13.1. The van der Waals surface area contributed by atoms with Crippen LogP contribution in [0, 0.1) is 12.7 Å². The number of benzene rings is 1. The average Bonchev–Trinajstić information content (AvgIpc) is 2.38. The summed E-state index contributed by atoms with van der Waals surface area (Å²) in [5.41, 5.74) is 1.66. The summed E-state index contributed by atoms with van der Waals surface area (Å²) in [6.45, 7) is 1.89. The van der Waals surface area contributed by atoms with Crippen LogP contribution in [-0.2, 0) is 0 Å². The lowest BCUT2D eigenvalue weighted by atomic mass is 10.2. The Balaban J connectivity index is 1.98. The van der Waals surface area contributed by atoms with Crippen LogP contribution < -0.4 is 0 Å². The molecule has 4 heteroatoms. The molecule has 1 unspecified atom stereocenters. The van der Waals surface area contributed by atoms with Crippen molar-refractivity contribution in [1.82, 2.24) is 4.98 Å². The Hall–Kier alpha value is -1.39. The number of aryl methyl sites for hydroxylation is 1. The number of pyridine rings is 1. The highest BCUT2D eigenvalue weighted by Gasteiger charge is 2.10. The van der Waals surface area contributed by atoms with E-state index >= 15 is 0 Å². The molecule has 2 nitrogen and oxygen atoms in total. The van der Waals surface area contributed by atoms with Gasteiger partial charge in [0.2, 0.25) is 0 Å². The molecule has 1 atom stereocenters. The minimum absolute atomic E-state index is 0.253. The Morgan fingerprint density at radius 3 is 2.72 bits per heavy atom. The number of nitrogens with zero attached hydrogens (tertiary/aromatic N) is 1. The van der Waals surface area contributed by atoms with Crippen LogP contribution in [0.5, 0.6) is 0 Å². The molecule has 0 aliphatic heterocycles. The number of thioether (sulfide) groups is 1. The van der Waals surface area contributed by atoms with Gasteiger partial charge >= 0.3 is 0 Å². The predicted molar refractivity (Wildman–Crippen MR) is 71.1 cm³/mol. The van der Waals surface area contributed by atoms with Gasteiger partial charge in [-0.1, -0.05) is 18.2 Å². The number of hydrogen-bond donors (Lipinski definition) is 1. The fourth-order valence-electron chi connectivity index (χ4n) is 1.50. The maximum absolute atomic E-state index is 13.4. The topological polar surface area (TPSA) is 33.1 Å². The van der Waals surface area contributed by atoms with E-state index in [1.807, 2.05) is 19.1 Å². The van der Waals surface area contributed by atoms with E-state index in [4.69, 9.17) is 0 Å². The van der Waals surface area contributed by atoms with Crippen molar-refractivity contribution < 1.29 is 9.50 Å². The van der Waals surface area contributed by atoms with Crippen molar-refractivity contribution in [2.75, 3.05) is 5.75 Å². The highest BCUT2D eigenvalue weighted by Crippen LogP contribution is 2.26. The number of hydrogen-bond acceptors (Lipinski definition) is 3. The molecule has 1 aromatic carbocycles. The minimum Gasteiger partial charge on any atom is -0.387 e. The van der Waals surface area contributed by atoms with Crippen LogP contribution in [0.2, 0.25) is 0 Å². The Morgan fingerprint density at radius 2 is 2.06 bits per heavy atom. The Morgan fingerprint density at radius 1 is 1.28 bits per heavy atom. The fraction of sp³-hybridized carbons (Fsp3) is 0.214. The molecule has 0 spiro atoms. The third kappa shape index (κ3) is 3.31. The first-order valence-electron chi connectivity index (χ1n) is 5.65. The average molecular weight is 263 g/mol. The van der Waals surface area contributed by atoms with E-state index < -0.39 is 6.10 Å². The van der Waals surface area contributed by atoms with Crippen molar-refractivity contribution >= 4 is 11.8 Å². The monoisotopic (exact) mass is 263 g/mol. The van der Waals surface area contributed by atoms with Gasteiger partial charge in [-0.2, -0.15) is 0 Å². The lowest BCUT2D eigenvalue weighted by molar-refractivity contribution is 0.203. The lowest BCUT2D eigenvalue weighted by Crippen LogP contribution is -2.01.